The molecule has 0 saturated carbocycles. The summed E-state index contributed by atoms with van der Waals surface area (Å²) in [7, 11) is 0. The van der Waals surface area contributed by atoms with Gasteiger partial charge in [-0.2, -0.15) is 0 Å². The van der Waals surface area contributed by atoms with Gasteiger partial charge in [0.05, 0.1) is 21.8 Å². The van der Waals surface area contributed by atoms with E-state index in [1.807, 2.05) is 11.0 Å². The summed E-state index contributed by atoms with van der Waals surface area (Å²) in [4.78, 5) is 19.2. The molecule has 5 nitrogen and oxygen atoms in total. The average molecular weight is 331 g/mol. The summed E-state index contributed by atoms with van der Waals surface area (Å²) in [6.45, 7) is 3.71. The number of morpholine rings is 1. The maximum absolute atomic E-state index is 12.5. The first-order chi connectivity index (χ1) is 11.3. The standard InChI is InChI=1S/C17H21N3O2S/c21-17(14-11-18-7-10-22-14)20-8-5-12(6-9-20)16-19-13-3-1-2-4-15(13)23-16/h1-4,12,14,18H,5-11H2. The molecule has 2 aliphatic heterocycles. The van der Waals surface area contributed by atoms with Crippen LogP contribution in [0.3, 0.4) is 0 Å². The van der Waals surface area contributed by atoms with E-state index in [2.05, 4.69) is 23.5 Å². The number of fused-ring (bicyclic) bond motifs is 1. The Morgan fingerprint density at radius 1 is 1.30 bits per heavy atom. The highest BCUT2D eigenvalue weighted by molar-refractivity contribution is 7.18. The van der Waals surface area contributed by atoms with E-state index in [1.54, 1.807) is 11.3 Å². The van der Waals surface area contributed by atoms with Gasteiger partial charge in [0, 0.05) is 32.1 Å². The number of carbonyl (C=O) groups is 1. The molecule has 2 fully saturated rings. The number of hydrogen-bond acceptors (Lipinski definition) is 5. The highest BCUT2D eigenvalue weighted by Gasteiger charge is 2.31. The molecular weight excluding hydrogens is 310 g/mol. The van der Waals surface area contributed by atoms with Crippen molar-refractivity contribution in [3.05, 3.63) is 29.3 Å². The highest BCUT2D eigenvalue weighted by atomic mass is 32.1. The van der Waals surface area contributed by atoms with Crippen molar-refractivity contribution in [2.45, 2.75) is 24.9 Å². The summed E-state index contributed by atoms with van der Waals surface area (Å²) in [6, 6.07) is 8.29. The molecule has 0 aliphatic carbocycles. The van der Waals surface area contributed by atoms with Gasteiger partial charge in [-0.3, -0.25) is 4.79 Å². The molecule has 0 bridgehead atoms. The first kappa shape index (κ1) is 15.1. The van der Waals surface area contributed by atoms with Crippen molar-refractivity contribution in [1.29, 1.82) is 0 Å². The van der Waals surface area contributed by atoms with Crippen molar-refractivity contribution in [3.8, 4) is 0 Å². The number of hydrogen-bond donors (Lipinski definition) is 1. The molecule has 2 saturated heterocycles. The number of nitrogens with zero attached hydrogens (tertiary/aromatic N) is 2. The van der Waals surface area contributed by atoms with Gasteiger partial charge in [0.15, 0.2) is 0 Å². The molecule has 1 amide bonds. The van der Waals surface area contributed by atoms with Crippen molar-refractivity contribution < 1.29 is 9.53 Å². The second-order valence-corrected chi connectivity index (χ2v) is 7.25. The fourth-order valence-corrected chi connectivity index (χ4v) is 4.48. The molecule has 1 aromatic carbocycles. The zero-order valence-electron chi connectivity index (χ0n) is 13.0. The van der Waals surface area contributed by atoms with Crippen LogP contribution in [0.25, 0.3) is 10.2 Å². The summed E-state index contributed by atoms with van der Waals surface area (Å²) in [5.74, 6) is 0.613. The zero-order valence-corrected chi connectivity index (χ0v) is 13.8. The minimum absolute atomic E-state index is 0.139. The number of benzene rings is 1. The van der Waals surface area contributed by atoms with E-state index in [0.29, 0.717) is 19.1 Å². The summed E-state index contributed by atoms with van der Waals surface area (Å²) in [5.41, 5.74) is 1.09. The van der Waals surface area contributed by atoms with Crippen molar-refractivity contribution in [3.63, 3.8) is 0 Å². The third-order valence-corrected chi connectivity index (χ3v) is 5.87. The van der Waals surface area contributed by atoms with Gasteiger partial charge in [0.2, 0.25) is 0 Å². The molecule has 2 aliphatic rings. The molecule has 1 atom stereocenters. The van der Waals surface area contributed by atoms with Crippen molar-refractivity contribution in [2.24, 2.45) is 0 Å². The molecule has 2 aromatic rings. The van der Waals surface area contributed by atoms with E-state index < -0.39 is 0 Å². The van der Waals surface area contributed by atoms with Crippen LogP contribution < -0.4 is 5.32 Å². The van der Waals surface area contributed by atoms with Gasteiger partial charge in [-0.15, -0.1) is 11.3 Å². The lowest BCUT2D eigenvalue weighted by Crippen LogP contribution is -2.51. The van der Waals surface area contributed by atoms with Gasteiger partial charge < -0.3 is 15.0 Å². The Balaban J connectivity index is 1.39. The number of aromatic nitrogens is 1. The maximum atomic E-state index is 12.5. The van der Waals surface area contributed by atoms with Gasteiger partial charge in [-0.1, -0.05) is 12.1 Å². The van der Waals surface area contributed by atoms with E-state index in [9.17, 15) is 4.79 Å². The molecule has 122 valence electrons. The molecule has 3 heterocycles. The first-order valence-electron chi connectivity index (χ1n) is 8.28. The van der Waals surface area contributed by atoms with Gasteiger partial charge in [0.1, 0.15) is 6.10 Å². The van der Waals surface area contributed by atoms with Crippen LogP contribution in [0.15, 0.2) is 24.3 Å². The quantitative estimate of drug-likeness (QED) is 0.914. The molecule has 0 spiro atoms. The number of carbonyl (C=O) groups excluding carboxylic acids is 1. The predicted molar refractivity (Wildman–Crippen MR) is 90.8 cm³/mol. The lowest BCUT2D eigenvalue weighted by atomic mass is 9.97. The van der Waals surface area contributed by atoms with E-state index in [-0.39, 0.29) is 12.0 Å². The molecule has 1 aromatic heterocycles. The number of thiazole rings is 1. The van der Waals surface area contributed by atoms with Crippen molar-refractivity contribution in [1.82, 2.24) is 15.2 Å². The number of likely N-dealkylation sites (tertiary alicyclic amines) is 1. The Morgan fingerprint density at radius 2 is 2.13 bits per heavy atom. The topological polar surface area (TPSA) is 54.5 Å². The minimum atomic E-state index is -0.303. The highest BCUT2D eigenvalue weighted by Crippen LogP contribution is 2.33. The van der Waals surface area contributed by atoms with E-state index in [1.165, 1.54) is 9.71 Å². The summed E-state index contributed by atoms with van der Waals surface area (Å²) in [5, 5.41) is 4.44. The number of piperidine rings is 1. The average Bonchev–Trinajstić information content (AvgIpc) is 3.06. The number of rotatable bonds is 2. The van der Waals surface area contributed by atoms with Crippen molar-refractivity contribution in [2.75, 3.05) is 32.8 Å². The molecule has 1 unspecified atom stereocenters. The van der Waals surface area contributed by atoms with Crippen LogP contribution in [0, 0.1) is 0 Å². The third-order valence-electron chi connectivity index (χ3n) is 4.67. The number of nitrogens with one attached hydrogen (secondary N) is 1. The third kappa shape index (κ3) is 3.11. The molecule has 6 heteroatoms. The minimum Gasteiger partial charge on any atom is -0.366 e. The second-order valence-electron chi connectivity index (χ2n) is 6.18. The monoisotopic (exact) mass is 331 g/mol. The van der Waals surface area contributed by atoms with Crippen LogP contribution in [0.4, 0.5) is 0 Å². The van der Waals surface area contributed by atoms with Crippen LogP contribution in [-0.4, -0.2) is 54.7 Å². The number of amides is 1. The van der Waals surface area contributed by atoms with Crippen LogP contribution in [0.1, 0.15) is 23.8 Å². The summed E-state index contributed by atoms with van der Waals surface area (Å²) < 4.78 is 6.83. The molecular formula is C17H21N3O2S. The largest absolute Gasteiger partial charge is 0.366 e. The summed E-state index contributed by atoms with van der Waals surface area (Å²) >= 11 is 1.79. The molecule has 0 radical (unpaired) electrons. The van der Waals surface area contributed by atoms with Crippen LogP contribution in [0.2, 0.25) is 0 Å². The van der Waals surface area contributed by atoms with Gasteiger partial charge in [-0.25, -0.2) is 4.98 Å². The number of para-hydroxylation sites is 1. The zero-order chi connectivity index (χ0) is 15.6. The first-order valence-corrected chi connectivity index (χ1v) is 9.09. The maximum Gasteiger partial charge on any atom is 0.253 e. The SMILES string of the molecule is O=C(C1CNCCO1)N1CCC(c2nc3ccccc3s2)CC1. The second kappa shape index (κ2) is 6.55. The Bertz CT molecular complexity index is 655. The lowest BCUT2D eigenvalue weighted by Gasteiger charge is -2.34. The van der Waals surface area contributed by atoms with E-state index >= 15 is 0 Å². The summed E-state index contributed by atoms with van der Waals surface area (Å²) in [6.07, 6.45) is 1.68. The smallest absolute Gasteiger partial charge is 0.253 e. The van der Waals surface area contributed by atoms with Gasteiger partial charge in [-0.05, 0) is 25.0 Å². The van der Waals surface area contributed by atoms with Crippen LogP contribution >= 0.6 is 11.3 Å². The fraction of sp³-hybridized carbons (Fsp3) is 0.529. The van der Waals surface area contributed by atoms with Crippen molar-refractivity contribution >= 4 is 27.5 Å². The van der Waals surface area contributed by atoms with Crippen LogP contribution in [0.5, 0.6) is 0 Å². The Kier molecular flexibility index (Phi) is 4.29. The van der Waals surface area contributed by atoms with Crippen LogP contribution in [-0.2, 0) is 9.53 Å². The van der Waals surface area contributed by atoms with Gasteiger partial charge in [0.25, 0.3) is 5.91 Å². The van der Waals surface area contributed by atoms with E-state index in [4.69, 9.17) is 9.72 Å². The Labute approximate surface area is 139 Å². The molecule has 23 heavy (non-hydrogen) atoms. The molecule has 1 N–H and O–H groups in total. The predicted octanol–water partition coefficient (Wildman–Crippen LogP) is 1.99. The normalized spacial score (nSPS) is 23.3. The number of ether oxygens (including phenoxy) is 1. The fourth-order valence-electron chi connectivity index (χ4n) is 3.34. The Hall–Kier alpha value is -1.50. The lowest BCUT2D eigenvalue weighted by molar-refractivity contribution is -0.146. The van der Waals surface area contributed by atoms with E-state index in [0.717, 1.165) is 38.0 Å². The van der Waals surface area contributed by atoms with Gasteiger partial charge >= 0.3 is 0 Å². The molecule has 4 rings (SSSR count). The Morgan fingerprint density at radius 3 is 2.87 bits per heavy atom.